The first-order chi connectivity index (χ1) is 15.8. The third-order valence-corrected chi connectivity index (χ3v) is 8.02. The van der Waals surface area contributed by atoms with Gasteiger partial charge in [-0.1, -0.05) is 35.9 Å². The highest BCUT2D eigenvalue weighted by atomic mass is 32.2. The average Bonchev–Trinajstić information content (AvgIpc) is 3.24. The molecule has 1 aliphatic rings. The molecule has 4 rings (SSSR count). The van der Waals surface area contributed by atoms with E-state index in [9.17, 15) is 17.6 Å². The fraction of sp³-hybridized carbons (Fsp3) is 0.333. The number of aromatic nitrogens is 2. The maximum atomic E-state index is 14.6. The van der Waals surface area contributed by atoms with Crippen molar-refractivity contribution in [2.45, 2.75) is 30.7 Å². The molecule has 2 heterocycles. The largest absolute Gasteiger partial charge is 0.342 e. The Morgan fingerprint density at radius 1 is 1.12 bits per heavy atom. The normalized spacial score (nSPS) is 16.5. The minimum absolute atomic E-state index is 0.237. The van der Waals surface area contributed by atoms with Gasteiger partial charge in [0.25, 0.3) is 0 Å². The van der Waals surface area contributed by atoms with E-state index < -0.39 is 21.9 Å². The first kappa shape index (κ1) is 23.1. The van der Waals surface area contributed by atoms with Crippen LogP contribution in [0.1, 0.15) is 35.8 Å². The second-order valence-electron chi connectivity index (χ2n) is 8.35. The summed E-state index contributed by atoms with van der Waals surface area (Å²) in [7, 11) is -1.81. The molecule has 33 heavy (non-hydrogen) atoms. The molecule has 1 aromatic heterocycles. The van der Waals surface area contributed by atoms with E-state index in [1.807, 2.05) is 6.92 Å². The summed E-state index contributed by atoms with van der Waals surface area (Å²) in [5, 5.41) is 2.95. The van der Waals surface area contributed by atoms with Crippen molar-refractivity contribution >= 4 is 15.9 Å². The van der Waals surface area contributed by atoms with Crippen LogP contribution in [0.4, 0.5) is 4.39 Å². The van der Waals surface area contributed by atoms with Crippen LogP contribution in [-0.4, -0.2) is 41.3 Å². The standard InChI is InChI=1S/C24H27FN4O3S/c1-17-7-9-19(10-8-17)33(31,32)29-14-11-18(12-15-29)24(30)27-22(23-26-13-16-28(23)2)20-5-3-4-6-21(20)25/h3-10,13,16,18,22H,11-12,14-15H2,1-2H3,(H,27,30)/t22-/m1/s1. The van der Waals surface area contributed by atoms with Crippen molar-refractivity contribution in [3.63, 3.8) is 0 Å². The number of hydrogen-bond acceptors (Lipinski definition) is 4. The van der Waals surface area contributed by atoms with Crippen LogP contribution in [-0.2, 0) is 21.9 Å². The van der Waals surface area contributed by atoms with Gasteiger partial charge in [0, 0.05) is 44.0 Å². The van der Waals surface area contributed by atoms with Gasteiger partial charge in [0.15, 0.2) is 0 Å². The zero-order chi connectivity index (χ0) is 23.6. The molecule has 0 saturated carbocycles. The van der Waals surface area contributed by atoms with Crippen molar-refractivity contribution < 1.29 is 17.6 Å². The lowest BCUT2D eigenvalue weighted by molar-refractivity contribution is -0.126. The summed E-state index contributed by atoms with van der Waals surface area (Å²) < 4.78 is 43.6. The van der Waals surface area contributed by atoms with Gasteiger partial charge in [0.05, 0.1) is 4.90 Å². The number of rotatable bonds is 6. The van der Waals surface area contributed by atoms with Crippen LogP contribution in [0.5, 0.6) is 0 Å². The van der Waals surface area contributed by atoms with Gasteiger partial charge in [0.1, 0.15) is 17.7 Å². The summed E-state index contributed by atoms with van der Waals surface area (Å²) in [5.41, 5.74) is 1.32. The highest BCUT2D eigenvalue weighted by molar-refractivity contribution is 7.89. The Balaban J connectivity index is 1.47. The SMILES string of the molecule is Cc1ccc(S(=O)(=O)N2CCC(C(=O)N[C@H](c3ccccc3F)c3nccn3C)CC2)cc1. The van der Waals surface area contributed by atoms with Gasteiger partial charge < -0.3 is 9.88 Å². The molecule has 3 aromatic rings. The van der Waals surface area contributed by atoms with Crippen LogP contribution >= 0.6 is 0 Å². The predicted octanol–water partition coefficient (Wildman–Crippen LogP) is 3.17. The van der Waals surface area contributed by atoms with Gasteiger partial charge in [-0.3, -0.25) is 4.79 Å². The van der Waals surface area contributed by atoms with Crippen molar-refractivity contribution in [3.05, 3.63) is 83.7 Å². The lowest BCUT2D eigenvalue weighted by Gasteiger charge is -2.31. The zero-order valence-corrected chi connectivity index (χ0v) is 19.4. The van der Waals surface area contributed by atoms with Crippen molar-refractivity contribution in [2.75, 3.05) is 13.1 Å². The molecule has 1 fully saturated rings. The van der Waals surface area contributed by atoms with Crippen molar-refractivity contribution in [2.24, 2.45) is 13.0 Å². The summed E-state index contributed by atoms with van der Waals surface area (Å²) in [6.07, 6.45) is 4.12. The van der Waals surface area contributed by atoms with Crippen molar-refractivity contribution in [1.29, 1.82) is 0 Å². The predicted molar refractivity (Wildman–Crippen MR) is 122 cm³/mol. The van der Waals surface area contributed by atoms with Gasteiger partial charge >= 0.3 is 0 Å². The molecule has 0 unspecified atom stereocenters. The number of carbonyl (C=O) groups excluding carboxylic acids is 1. The summed E-state index contributed by atoms with van der Waals surface area (Å²) in [6.45, 7) is 2.40. The lowest BCUT2D eigenvalue weighted by Crippen LogP contribution is -2.44. The molecule has 2 aromatic carbocycles. The average molecular weight is 471 g/mol. The minimum Gasteiger partial charge on any atom is -0.342 e. The molecule has 0 bridgehead atoms. The summed E-state index contributed by atoms with van der Waals surface area (Å²) in [5.74, 6) is -0.514. The van der Waals surface area contributed by atoms with Gasteiger partial charge in [-0.2, -0.15) is 4.31 Å². The van der Waals surface area contributed by atoms with Crippen LogP contribution in [0.2, 0.25) is 0 Å². The lowest BCUT2D eigenvalue weighted by atomic mass is 9.96. The van der Waals surface area contributed by atoms with E-state index in [-0.39, 0.29) is 29.8 Å². The van der Waals surface area contributed by atoms with Crippen LogP contribution in [0.15, 0.2) is 65.8 Å². The monoisotopic (exact) mass is 470 g/mol. The highest BCUT2D eigenvalue weighted by Crippen LogP contribution is 2.27. The Morgan fingerprint density at radius 2 is 1.79 bits per heavy atom. The third kappa shape index (κ3) is 4.84. The molecule has 0 aliphatic carbocycles. The number of piperidine rings is 1. The molecule has 1 N–H and O–H groups in total. The topological polar surface area (TPSA) is 84.3 Å². The number of sulfonamides is 1. The molecule has 174 valence electrons. The highest BCUT2D eigenvalue weighted by Gasteiger charge is 2.34. The first-order valence-electron chi connectivity index (χ1n) is 10.9. The number of nitrogens with one attached hydrogen (secondary N) is 1. The fourth-order valence-corrected chi connectivity index (χ4v) is 5.59. The van der Waals surface area contributed by atoms with E-state index in [0.717, 1.165) is 5.56 Å². The van der Waals surface area contributed by atoms with E-state index in [4.69, 9.17) is 0 Å². The Bertz CT molecular complexity index is 1230. The van der Waals surface area contributed by atoms with Gasteiger partial charge in [0.2, 0.25) is 15.9 Å². The first-order valence-corrected chi connectivity index (χ1v) is 12.3. The van der Waals surface area contributed by atoms with E-state index in [2.05, 4.69) is 10.3 Å². The molecule has 1 atom stereocenters. The number of aryl methyl sites for hydroxylation is 2. The molecule has 9 heteroatoms. The van der Waals surface area contributed by atoms with Crippen LogP contribution in [0, 0.1) is 18.7 Å². The molecular formula is C24H27FN4O3S. The van der Waals surface area contributed by atoms with Gasteiger partial charge in [-0.05, 0) is 38.0 Å². The molecule has 0 spiro atoms. The van der Waals surface area contributed by atoms with E-state index in [1.54, 1.807) is 66.5 Å². The maximum absolute atomic E-state index is 14.6. The Labute approximate surface area is 193 Å². The number of amides is 1. The maximum Gasteiger partial charge on any atom is 0.243 e. The van der Waals surface area contributed by atoms with Crippen molar-refractivity contribution in [3.8, 4) is 0 Å². The molecular weight excluding hydrogens is 443 g/mol. The van der Waals surface area contributed by atoms with E-state index >= 15 is 0 Å². The summed E-state index contributed by atoms with van der Waals surface area (Å²) >= 11 is 0. The summed E-state index contributed by atoms with van der Waals surface area (Å²) in [4.78, 5) is 17.7. The van der Waals surface area contributed by atoms with E-state index in [0.29, 0.717) is 24.2 Å². The molecule has 1 aliphatic heterocycles. The second kappa shape index (κ2) is 9.44. The number of carbonyl (C=O) groups is 1. The van der Waals surface area contributed by atoms with E-state index in [1.165, 1.54) is 10.4 Å². The molecule has 0 radical (unpaired) electrons. The molecule has 1 amide bonds. The number of halogens is 1. The van der Waals surface area contributed by atoms with Crippen LogP contribution in [0.25, 0.3) is 0 Å². The quantitative estimate of drug-likeness (QED) is 0.600. The Kier molecular flexibility index (Phi) is 6.62. The summed E-state index contributed by atoms with van der Waals surface area (Å²) in [6, 6.07) is 12.3. The number of imidazole rings is 1. The van der Waals surface area contributed by atoms with Gasteiger partial charge in [-0.15, -0.1) is 0 Å². The Morgan fingerprint density at radius 3 is 2.39 bits per heavy atom. The number of benzene rings is 2. The molecule has 7 nitrogen and oxygen atoms in total. The van der Waals surface area contributed by atoms with Crippen LogP contribution < -0.4 is 5.32 Å². The van der Waals surface area contributed by atoms with Gasteiger partial charge in [-0.25, -0.2) is 17.8 Å². The zero-order valence-electron chi connectivity index (χ0n) is 18.6. The second-order valence-corrected chi connectivity index (χ2v) is 10.3. The smallest absolute Gasteiger partial charge is 0.243 e. The fourth-order valence-electron chi connectivity index (χ4n) is 4.12. The molecule has 1 saturated heterocycles. The van der Waals surface area contributed by atoms with Crippen LogP contribution in [0.3, 0.4) is 0 Å². The van der Waals surface area contributed by atoms with Crippen molar-refractivity contribution in [1.82, 2.24) is 19.2 Å². The number of nitrogens with zero attached hydrogens (tertiary/aromatic N) is 3. The number of hydrogen-bond donors (Lipinski definition) is 1. The third-order valence-electron chi connectivity index (χ3n) is 6.10. The minimum atomic E-state index is -3.60. The Hall–Kier alpha value is -3.04.